The molecule has 3 aromatic rings. The van der Waals surface area contributed by atoms with Gasteiger partial charge in [-0.25, -0.2) is 14.5 Å². The van der Waals surface area contributed by atoms with Crippen LogP contribution in [0.4, 0.5) is 5.82 Å². The largest absolute Gasteiger partial charge is 0.476 e. The van der Waals surface area contributed by atoms with Gasteiger partial charge in [0, 0.05) is 19.2 Å². The first kappa shape index (κ1) is 16.3. The fraction of sp³-hybridized carbons (Fsp3) is 0.368. The third-order valence-electron chi connectivity index (χ3n) is 4.67. The molecule has 0 unspecified atom stereocenters. The number of hydrogen-bond donors (Lipinski definition) is 0. The Kier molecular flexibility index (Phi) is 4.40. The lowest BCUT2D eigenvalue weighted by molar-refractivity contribution is 0.213. The molecule has 4 heterocycles. The van der Waals surface area contributed by atoms with Crippen LogP contribution >= 0.6 is 0 Å². The van der Waals surface area contributed by atoms with Gasteiger partial charge in [-0.05, 0) is 43.9 Å². The van der Waals surface area contributed by atoms with Gasteiger partial charge in [0.15, 0.2) is 5.65 Å². The number of fused-ring (bicyclic) bond motifs is 1. The van der Waals surface area contributed by atoms with E-state index in [9.17, 15) is 0 Å². The number of ether oxygens (including phenoxy) is 1. The second-order valence-electron chi connectivity index (χ2n) is 6.59. The number of anilines is 1. The van der Waals surface area contributed by atoms with Crippen molar-refractivity contribution in [1.82, 2.24) is 19.6 Å². The van der Waals surface area contributed by atoms with Crippen LogP contribution in [0.25, 0.3) is 5.65 Å². The molecule has 0 atom stereocenters. The molecule has 0 amide bonds. The smallest absolute Gasteiger partial charge is 0.231 e. The fourth-order valence-corrected chi connectivity index (χ4v) is 3.25. The van der Waals surface area contributed by atoms with Crippen LogP contribution in [0.2, 0.25) is 0 Å². The monoisotopic (exact) mass is 348 g/mol. The van der Waals surface area contributed by atoms with E-state index in [0.29, 0.717) is 24.1 Å². The summed E-state index contributed by atoms with van der Waals surface area (Å²) in [6.45, 7) is 4.45. The molecule has 0 radical (unpaired) electrons. The lowest BCUT2D eigenvalue weighted by Crippen LogP contribution is -2.36. The number of rotatable bonds is 4. The maximum atomic E-state index is 8.99. The topological polar surface area (TPSA) is 79.3 Å². The molecule has 7 heteroatoms. The molecular formula is C19H20N6O. The molecule has 1 saturated heterocycles. The molecule has 1 aliphatic rings. The summed E-state index contributed by atoms with van der Waals surface area (Å²) < 4.78 is 7.65. The SMILES string of the molecule is Cc1cn2nc(OCC3CCN(c4cccc(C#N)n4)CC3)ccc2n1. The molecule has 4 rings (SSSR count). The third kappa shape index (κ3) is 3.45. The molecule has 0 saturated carbocycles. The molecule has 0 bridgehead atoms. The highest BCUT2D eigenvalue weighted by atomic mass is 16.5. The van der Waals surface area contributed by atoms with Crippen molar-refractivity contribution in [3.63, 3.8) is 0 Å². The first-order valence-corrected chi connectivity index (χ1v) is 8.79. The number of pyridine rings is 1. The van der Waals surface area contributed by atoms with Crippen LogP contribution in [0.15, 0.2) is 36.5 Å². The lowest BCUT2D eigenvalue weighted by Gasteiger charge is -2.32. The molecule has 26 heavy (non-hydrogen) atoms. The highest BCUT2D eigenvalue weighted by molar-refractivity contribution is 5.42. The van der Waals surface area contributed by atoms with Gasteiger partial charge in [0.25, 0.3) is 0 Å². The summed E-state index contributed by atoms with van der Waals surface area (Å²) in [6, 6.07) is 11.5. The van der Waals surface area contributed by atoms with E-state index in [4.69, 9.17) is 10.00 Å². The van der Waals surface area contributed by atoms with Gasteiger partial charge in [0.05, 0.1) is 18.5 Å². The highest BCUT2D eigenvalue weighted by Gasteiger charge is 2.21. The number of imidazole rings is 1. The average molecular weight is 348 g/mol. The molecule has 1 aliphatic heterocycles. The Morgan fingerprint density at radius 2 is 2.04 bits per heavy atom. The number of piperidine rings is 1. The van der Waals surface area contributed by atoms with E-state index >= 15 is 0 Å². The van der Waals surface area contributed by atoms with Crippen LogP contribution in [-0.2, 0) is 0 Å². The molecule has 0 aliphatic carbocycles. The van der Waals surface area contributed by atoms with E-state index in [1.54, 1.807) is 10.6 Å². The molecule has 0 N–H and O–H groups in total. The third-order valence-corrected chi connectivity index (χ3v) is 4.67. The van der Waals surface area contributed by atoms with E-state index in [0.717, 1.165) is 43.1 Å². The minimum absolute atomic E-state index is 0.462. The van der Waals surface area contributed by atoms with Crippen LogP contribution in [-0.4, -0.2) is 39.3 Å². The summed E-state index contributed by atoms with van der Waals surface area (Å²) >= 11 is 0. The highest BCUT2D eigenvalue weighted by Crippen LogP contribution is 2.23. The summed E-state index contributed by atoms with van der Waals surface area (Å²) in [5.74, 6) is 2.00. The van der Waals surface area contributed by atoms with E-state index in [1.807, 2.05) is 37.4 Å². The lowest BCUT2D eigenvalue weighted by atomic mass is 9.98. The van der Waals surface area contributed by atoms with Gasteiger partial charge >= 0.3 is 0 Å². The Bertz CT molecular complexity index is 952. The minimum Gasteiger partial charge on any atom is -0.476 e. The summed E-state index contributed by atoms with van der Waals surface area (Å²) in [7, 11) is 0. The van der Waals surface area contributed by atoms with Crippen molar-refractivity contribution in [1.29, 1.82) is 5.26 Å². The Balaban J connectivity index is 1.32. The summed E-state index contributed by atoms with van der Waals surface area (Å²) in [4.78, 5) is 11.0. The van der Waals surface area contributed by atoms with Gasteiger partial charge in [-0.2, -0.15) is 5.26 Å². The number of aryl methyl sites for hydroxylation is 1. The van der Waals surface area contributed by atoms with Gasteiger partial charge in [-0.15, -0.1) is 5.10 Å². The van der Waals surface area contributed by atoms with Crippen molar-refractivity contribution in [3.8, 4) is 11.9 Å². The average Bonchev–Trinajstić information content (AvgIpc) is 3.06. The maximum Gasteiger partial charge on any atom is 0.231 e. The Morgan fingerprint density at radius 1 is 1.19 bits per heavy atom. The van der Waals surface area contributed by atoms with Crippen LogP contribution in [0, 0.1) is 24.2 Å². The van der Waals surface area contributed by atoms with Crippen molar-refractivity contribution in [2.45, 2.75) is 19.8 Å². The zero-order chi connectivity index (χ0) is 17.9. The predicted octanol–water partition coefficient (Wildman–Crippen LogP) is 2.60. The normalized spacial score (nSPS) is 15.2. The fourth-order valence-electron chi connectivity index (χ4n) is 3.25. The van der Waals surface area contributed by atoms with E-state index in [-0.39, 0.29) is 0 Å². The van der Waals surface area contributed by atoms with Crippen LogP contribution in [0.5, 0.6) is 5.88 Å². The standard InChI is InChI=1S/C19H20N6O/c1-14-12-25-18(21-14)5-6-19(23-25)26-13-15-7-9-24(10-8-15)17-4-2-3-16(11-20)22-17/h2-6,12,15H,7-10,13H2,1H3. The Labute approximate surface area is 151 Å². The second-order valence-corrected chi connectivity index (χ2v) is 6.59. The maximum absolute atomic E-state index is 8.99. The molecule has 1 fully saturated rings. The van der Waals surface area contributed by atoms with E-state index < -0.39 is 0 Å². The van der Waals surface area contributed by atoms with Crippen LogP contribution in [0.1, 0.15) is 24.2 Å². The minimum atomic E-state index is 0.462. The zero-order valence-electron chi connectivity index (χ0n) is 14.7. The van der Waals surface area contributed by atoms with Gasteiger partial charge in [0.2, 0.25) is 5.88 Å². The van der Waals surface area contributed by atoms with Gasteiger partial charge in [0.1, 0.15) is 17.6 Å². The number of nitrogens with zero attached hydrogens (tertiary/aromatic N) is 6. The first-order valence-electron chi connectivity index (χ1n) is 8.79. The van der Waals surface area contributed by atoms with Crippen molar-refractivity contribution in [2.75, 3.05) is 24.6 Å². The molecule has 0 aromatic carbocycles. The van der Waals surface area contributed by atoms with Gasteiger partial charge < -0.3 is 9.64 Å². The molecule has 3 aromatic heterocycles. The summed E-state index contributed by atoms with van der Waals surface area (Å²) in [5, 5.41) is 13.4. The van der Waals surface area contributed by atoms with E-state index in [1.165, 1.54) is 0 Å². The summed E-state index contributed by atoms with van der Waals surface area (Å²) in [6.07, 6.45) is 3.96. The van der Waals surface area contributed by atoms with Crippen molar-refractivity contribution >= 4 is 11.5 Å². The Morgan fingerprint density at radius 3 is 2.85 bits per heavy atom. The first-order chi connectivity index (χ1) is 12.7. The van der Waals surface area contributed by atoms with Crippen LogP contribution < -0.4 is 9.64 Å². The summed E-state index contributed by atoms with van der Waals surface area (Å²) in [5.41, 5.74) is 2.23. The zero-order valence-corrected chi connectivity index (χ0v) is 14.7. The van der Waals surface area contributed by atoms with Crippen molar-refractivity contribution in [2.24, 2.45) is 5.92 Å². The quantitative estimate of drug-likeness (QED) is 0.721. The van der Waals surface area contributed by atoms with E-state index in [2.05, 4.69) is 26.0 Å². The Hall–Kier alpha value is -3.14. The van der Waals surface area contributed by atoms with Crippen LogP contribution in [0.3, 0.4) is 0 Å². The molecule has 132 valence electrons. The molecule has 7 nitrogen and oxygen atoms in total. The molecular weight excluding hydrogens is 328 g/mol. The number of hydrogen-bond acceptors (Lipinski definition) is 6. The number of aromatic nitrogens is 4. The van der Waals surface area contributed by atoms with Gasteiger partial charge in [-0.1, -0.05) is 6.07 Å². The predicted molar refractivity (Wildman–Crippen MR) is 97.1 cm³/mol. The second kappa shape index (κ2) is 7.00. The van der Waals surface area contributed by atoms with Crippen molar-refractivity contribution in [3.05, 3.63) is 47.9 Å². The molecule has 0 spiro atoms. The number of nitriles is 1. The van der Waals surface area contributed by atoms with Gasteiger partial charge in [-0.3, -0.25) is 0 Å². The van der Waals surface area contributed by atoms with Crippen molar-refractivity contribution < 1.29 is 4.74 Å².